The first-order chi connectivity index (χ1) is 18.4. The molecule has 3 aliphatic rings. The van der Waals surface area contributed by atoms with Crippen LogP contribution in [0, 0.1) is 5.92 Å². The molecule has 7 N–H and O–H groups in total. The molecule has 11 nitrogen and oxygen atoms in total. The fourth-order valence-electron chi connectivity index (χ4n) is 5.74. The number of rotatable bonds is 3. The molecule has 0 aromatic heterocycles. The summed E-state index contributed by atoms with van der Waals surface area (Å²) in [5.41, 5.74) is 1.30. The van der Waals surface area contributed by atoms with Crippen molar-refractivity contribution in [2.24, 2.45) is 11.7 Å². The number of phenols is 1. The number of anilines is 1. The monoisotopic (exact) mass is 549 g/mol. The fourth-order valence-corrected chi connectivity index (χ4v) is 6.00. The molecular weight excluding hydrogens is 526 g/mol. The van der Waals surface area contributed by atoms with Crippen molar-refractivity contribution in [3.63, 3.8) is 0 Å². The third kappa shape index (κ3) is 3.63. The Bertz CT molecular complexity index is 1550. The van der Waals surface area contributed by atoms with E-state index < -0.39 is 75.4 Å². The van der Waals surface area contributed by atoms with Gasteiger partial charge in [-0.25, -0.2) is 0 Å². The maximum absolute atomic E-state index is 13.6. The topological polar surface area (TPSA) is 190 Å². The van der Waals surface area contributed by atoms with Gasteiger partial charge in [-0.2, -0.15) is 0 Å². The maximum Gasteiger partial charge on any atom is 0.255 e. The van der Waals surface area contributed by atoms with Crippen LogP contribution in [-0.2, 0) is 14.4 Å². The Balaban J connectivity index is 1.73. The van der Waals surface area contributed by atoms with E-state index in [0.717, 1.165) is 0 Å². The number of nitrogens with two attached hydrogens (primary N) is 1. The summed E-state index contributed by atoms with van der Waals surface area (Å²) >= 11 is 5.46. The summed E-state index contributed by atoms with van der Waals surface area (Å²) in [6.07, 6.45) is -0.326. The molecule has 12 heteroatoms. The van der Waals surface area contributed by atoms with E-state index in [1.165, 1.54) is 30.0 Å². The number of hydrogen-bond donors (Lipinski definition) is 6. The third-order valence-electron chi connectivity index (χ3n) is 7.46. The smallest absolute Gasteiger partial charge is 0.255 e. The van der Waals surface area contributed by atoms with Gasteiger partial charge in [0.25, 0.3) is 5.91 Å². The van der Waals surface area contributed by atoms with Gasteiger partial charge >= 0.3 is 0 Å². The van der Waals surface area contributed by atoms with Crippen LogP contribution in [0.5, 0.6) is 5.75 Å². The zero-order valence-corrected chi connectivity index (χ0v) is 21.2. The number of Topliss-reactive ketones (excluding diaryl/α,β-unsaturated/α-hetero) is 2. The number of fused-ring (bicyclic) bond motifs is 3. The van der Waals surface area contributed by atoms with Crippen molar-refractivity contribution >= 4 is 46.3 Å². The first-order valence-electron chi connectivity index (χ1n) is 11.9. The molecular formula is C27H23N3O8S. The molecule has 5 rings (SSSR count). The van der Waals surface area contributed by atoms with Gasteiger partial charge in [0.2, 0.25) is 11.7 Å². The minimum absolute atomic E-state index is 0.0727. The van der Waals surface area contributed by atoms with Crippen LogP contribution in [0.25, 0.3) is 0 Å². The second kappa shape index (κ2) is 9.03. The van der Waals surface area contributed by atoms with Gasteiger partial charge in [0.05, 0.1) is 28.9 Å². The predicted molar refractivity (Wildman–Crippen MR) is 141 cm³/mol. The van der Waals surface area contributed by atoms with Crippen molar-refractivity contribution in [3.05, 3.63) is 82.3 Å². The highest BCUT2D eigenvalue weighted by molar-refractivity contribution is 7.80. The largest absolute Gasteiger partial charge is 0.509 e. The number of benzene rings is 2. The molecule has 0 fully saturated rings. The summed E-state index contributed by atoms with van der Waals surface area (Å²) in [6, 6.07) is 9.98. The van der Waals surface area contributed by atoms with Gasteiger partial charge in [0, 0.05) is 18.4 Å². The van der Waals surface area contributed by atoms with Crippen molar-refractivity contribution in [1.82, 2.24) is 5.32 Å². The molecule has 200 valence electrons. The molecule has 0 radical (unpaired) electrons. The average Bonchev–Trinajstić information content (AvgIpc) is 2.88. The number of aromatic hydroxyl groups is 1. The quantitative estimate of drug-likeness (QED) is 0.239. The van der Waals surface area contributed by atoms with Gasteiger partial charge in [-0.3, -0.25) is 19.2 Å². The van der Waals surface area contributed by atoms with Crippen molar-refractivity contribution in [1.29, 1.82) is 0 Å². The second-order valence-corrected chi connectivity index (χ2v) is 9.96. The summed E-state index contributed by atoms with van der Waals surface area (Å²) < 4.78 is 0. The lowest BCUT2D eigenvalue weighted by Gasteiger charge is -2.51. The minimum Gasteiger partial charge on any atom is -0.509 e. The first-order valence-corrected chi connectivity index (χ1v) is 12.3. The number of thiocarbonyl (C=S) groups is 1. The summed E-state index contributed by atoms with van der Waals surface area (Å²) in [6.45, 7) is 1.22. The molecule has 2 aliphatic carbocycles. The molecule has 0 saturated carbocycles. The molecule has 4 unspecified atom stereocenters. The Labute approximate surface area is 226 Å². The number of ketones is 2. The lowest BCUT2D eigenvalue weighted by molar-refractivity contribution is -0.145. The summed E-state index contributed by atoms with van der Waals surface area (Å²) in [7, 11) is 0. The Morgan fingerprint density at radius 1 is 1.08 bits per heavy atom. The number of aliphatic hydroxyl groups is 3. The molecule has 39 heavy (non-hydrogen) atoms. The van der Waals surface area contributed by atoms with Crippen molar-refractivity contribution in [2.45, 2.75) is 31.0 Å². The standard InChI is InChI=1S/C27H23N3O8S/c1-11(31)30-14-8-5-9-16(32)17(14)21(33)18-15(30)10-13-20(29-26(39)12-6-3-2-4-7-12)22(34)19(25(28)37)24(36)27(13,38)23(18)35/h2-9,13,15,20,32,34-35,38H,10H2,1H3,(H2,28,37)(H,29,39). The maximum atomic E-state index is 13.6. The van der Waals surface area contributed by atoms with E-state index >= 15 is 0 Å². The molecule has 2 aromatic carbocycles. The SMILES string of the molecule is CC(=O)N1c2cccc(O)c2C(=O)C2=C(O)C3(O)C(=O)C(C(N)=O)=C(O)C(NC(=S)c4ccccc4)C3CC21. The van der Waals surface area contributed by atoms with E-state index in [1.54, 1.807) is 30.3 Å². The Kier molecular flexibility index (Phi) is 6.04. The molecule has 0 saturated heterocycles. The number of aliphatic hydroxyl groups excluding tert-OH is 2. The number of primary amides is 1. The Hall–Kier alpha value is -4.55. The van der Waals surface area contributed by atoms with Crippen LogP contribution >= 0.6 is 12.2 Å². The molecule has 1 aliphatic heterocycles. The molecule has 2 amide bonds. The van der Waals surface area contributed by atoms with E-state index in [0.29, 0.717) is 5.56 Å². The molecule has 0 spiro atoms. The van der Waals surface area contributed by atoms with Gasteiger partial charge in [0.15, 0.2) is 11.4 Å². The average molecular weight is 550 g/mol. The number of phenolic OH excluding ortho intramolecular Hbond substituents is 1. The summed E-state index contributed by atoms with van der Waals surface area (Å²) in [5, 5.41) is 47.6. The number of hydrogen-bond acceptors (Lipinski definition) is 9. The zero-order valence-electron chi connectivity index (χ0n) is 20.4. The molecule has 2 aromatic rings. The summed E-state index contributed by atoms with van der Waals surface area (Å²) in [4.78, 5) is 53.4. The number of carbonyl (C=O) groups excluding carboxylic acids is 4. The van der Waals surface area contributed by atoms with Crippen LogP contribution in [-0.4, -0.2) is 66.5 Å². The van der Waals surface area contributed by atoms with Gasteiger partial charge in [-0.1, -0.05) is 48.6 Å². The van der Waals surface area contributed by atoms with Gasteiger partial charge < -0.3 is 36.4 Å². The van der Waals surface area contributed by atoms with E-state index in [2.05, 4.69) is 5.32 Å². The number of carbonyl (C=O) groups is 4. The van der Waals surface area contributed by atoms with Gasteiger partial charge in [-0.05, 0) is 18.6 Å². The highest BCUT2D eigenvalue weighted by atomic mass is 32.1. The molecule has 0 bridgehead atoms. The van der Waals surface area contributed by atoms with Crippen LogP contribution in [0.2, 0.25) is 0 Å². The minimum atomic E-state index is -2.90. The third-order valence-corrected chi connectivity index (χ3v) is 7.81. The number of nitrogens with one attached hydrogen (secondary N) is 1. The molecule has 4 atom stereocenters. The highest BCUT2D eigenvalue weighted by Crippen LogP contribution is 2.51. The first kappa shape index (κ1) is 26.1. The predicted octanol–water partition coefficient (Wildman–Crippen LogP) is 1.09. The number of nitrogens with zero attached hydrogens (tertiary/aromatic N) is 1. The van der Waals surface area contributed by atoms with Crippen molar-refractivity contribution < 1.29 is 39.6 Å². The Morgan fingerprint density at radius 2 is 1.74 bits per heavy atom. The van der Waals surface area contributed by atoms with Gasteiger partial charge in [0.1, 0.15) is 27.8 Å². The summed E-state index contributed by atoms with van der Waals surface area (Å²) in [5.74, 6) is -8.05. The van der Waals surface area contributed by atoms with Crippen LogP contribution in [0.4, 0.5) is 5.69 Å². The van der Waals surface area contributed by atoms with Crippen molar-refractivity contribution in [2.75, 3.05) is 4.90 Å². The van der Waals surface area contributed by atoms with E-state index in [9.17, 15) is 39.6 Å². The second-order valence-electron chi connectivity index (χ2n) is 9.55. The lowest BCUT2D eigenvalue weighted by Crippen LogP contribution is -2.66. The van der Waals surface area contributed by atoms with Crippen LogP contribution in [0.3, 0.4) is 0 Å². The van der Waals surface area contributed by atoms with Gasteiger partial charge in [-0.15, -0.1) is 0 Å². The van der Waals surface area contributed by atoms with E-state index in [-0.39, 0.29) is 22.7 Å². The zero-order chi connectivity index (χ0) is 28.4. The fraction of sp³-hybridized carbons (Fsp3) is 0.222. The highest BCUT2D eigenvalue weighted by Gasteiger charge is 2.64. The normalized spacial score (nSPS) is 26.0. The van der Waals surface area contributed by atoms with Crippen LogP contribution in [0.1, 0.15) is 29.3 Å². The van der Waals surface area contributed by atoms with E-state index in [4.69, 9.17) is 18.0 Å². The molecule has 1 heterocycles. The number of amides is 2. The Morgan fingerprint density at radius 3 is 2.36 bits per heavy atom. The lowest BCUT2D eigenvalue weighted by atomic mass is 9.61. The van der Waals surface area contributed by atoms with Crippen LogP contribution < -0.4 is 16.0 Å². The van der Waals surface area contributed by atoms with Crippen LogP contribution in [0.15, 0.2) is 71.2 Å². The van der Waals surface area contributed by atoms with E-state index in [1.807, 2.05) is 0 Å². The van der Waals surface area contributed by atoms with Crippen molar-refractivity contribution in [3.8, 4) is 5.75 Å².